The number of aliphatic hydroxyl groups excluding tert-OH is 1. The predicted octanol–water partition coefficient (Wildman–Crippen LogP) is 1.58. The van der Waals surface area contributed by atoms with Gasteiger partial charge >= 0.3 is 0 Å². The highest BCUT2D eigenvalue weighted by molar-refractivity contribution is 5.34. The van der Waals surface area contributed by atoms with Gasteiger partial charge in [0.15, 0.2) is 0 Å². The van der Waals surface area contributed by atoms with Crippen molar-refractivity contribution in [2.45, 2.75) is 44.4 Å². The smallest absolute Gasteiger partial charge is 0.148 e. The summed E-state index contributed by atoms with van der Waals surface area (Å²) >= 11 is 0. The zero-order chi connectivity index (χ0) is 11.4. The van der Waals surface area contributed by atoms with Crippen LogP contribution >= 0.6 is 0 Å². The number of nitrogens with one attached hydrogen (secondary N) is 1. The van der Waals surface area contributed by atoms with Crippen molar-refractivity contribution < 1.29 is 5.11 Å². The molecule has 1 fully saturated rings. The zero-order valence-electron chi connectivity index (χ0n) is 9.39. The minimum Gasteiger partial charge on any atom is -0.397 e. The lowest BCUT2D eigenvalue weighted by Gasteiger charge is -2.25. The summed E-state index contributed by atoms with van der Waals surface area (Å²) in [6, 6.07) is 3.94. The highest BCUT2D eigenvalue weighted by atomic mass is 16.3. The van der Waals surface area contributed by atoms with Crippen molar-refractivity contribution in [1.29, 1.82) is 0 Å². The summed E-state index contributed by atoms with van der Waals surface area (Å²) in [7, 11) is 0. The van der Waals surface area contributed by atoms with Crippen LogP contribution < -0.4 is 11.1 Å². The summed E-state index contributed by atoms with van der Waals surface area (Å²) in [5.41, 5.74) is 6.80. The van der Waals surface area contributed by atoms with Crippen molar-refractivity contribution in [3.8, 4) is 0 Å². The Kier molecular flexibility index (Phi) is 3.74. The van der Waals surface area contributed by atoms with Gasteiger partial charge in [0, 0.05) is 6.04 Å². The third kappa shape index (κ3) is 2.93. The van der Waals surface area contributed by atoms with Crippen LogP contribution in [0.4, 0.5) is 5.69 Å². The Bertz CT molecular complexity index is 320. The lowest BCUT2D eigenvalue weighted by Crippen LogP contribution is -2.34. The van der Waals surface area contributed by atoms with E-state index in [1.54, 1.807) is 18.3 Å². The first kappa shape index (κ1) is 11.4. The van der Waals surface area contributed by atoms with Crippen LogP contribution in [0.25, 0.3) is 0 Å². The quantitative estimate of drug-likeness (QED) is 0.678. The highest BCUT2D eigenvalue weighted by Crippen LogP contribution is 2.20. The van der Waals surface area contributed by atoms with E-state index in [-0.39, 0.29) is 0 Å². The van der Waals surface area contributed by atoms with Crippen LogP contribution in [-0.2, 0) is 0 Å². The number of hydrogen-bond donors (Lipinski definition) is 3. The number of nitrogen functional groups attached to an aromatic ring is 1. The maximum Gasteiger partial charge on any atom is 0.148 e. The molecule has 1 aliphatic carbocycles. The molecule has 1 heterocycles. The first-order valence-corrected chi connectivity index (χ1v) is 5.91. The van der Waals surface area contributed by atoms with Gasteiger partial charge in [0.25, 0.3) is 0 Å². The van der Waals surface area contributed by atoms with E-state index in [1.807, 2.05) is 0 Å². The van der Waals surface area contributed by atoms with E-state index in [2.05, 4.69) is 10.3 Å². The number of anilines is 1. The molecule has 0 spiro atoms. The number of nitrogens with two attached hydrogens (primary N) is 1. The molecule has 1 atom stereocenters. The van der Waals surface area contributed by atoms with Gasteiger partial charge in [-0.2, -0.15) is 0 Å². The van der Waals surface area contributed by atoms with Gasteiger partial charge in [-0.25, -0.2) is 0 Å². The van der Waals surface area contributed by atoms with Crippen molar-refractivity contribution in [3.05, 3.63) is 24.0 Å². The van der Waals surface area contributed by atoms with Crippen molar-refractivity contribution in [2.75, 3.05) is 5.73 Å². The Morgan fingerprint density at radius 1 is 1.31 bits per heavy atom. The Morgan fingerprint density at radius 2 is 2.06 bits per heavy atom. The monoisotopic (exact) mass is 221 g/mol. The molecule has 1 aromatic rings. The number of pyridine rings is 1. The lowest BCUT2D eigenvalue weighted by atomic mass is 9.95. The van der Waals surface area contributed by atoms with Crippen LogP contribution in [0, 0.1) is 0 Å². The molecular weight excluding hydrogens is 202 g/mol. The minimum absolute atomic E-state index is 0.420. The second-order valence-corrected chi connectivity index (χ2v) is 4.42. The Hall–Kier alpha value is -1.13. The number of aromatic nitrogens is 1. The number of hydrogen-bond acceptors (Lipinski definition) is 4. The van der Waals surface area contributed by atoms with E-state index >= 15 is 0 Å². The maximum atomic E-state index is 9.95. The van der Waals surface area contributed by atoms with Crippen molar-refractivity contribution in [3.63, 3.8) is 0 Å². The SMILES string of the molecule is Nc1ccc(C(O)NC2CCCCC2)nc1. The molecule has 88 valence electrons. The molecule has 1 aromatic heterocycles. The molecule has 0 bridgehead atoms. The summed E-state index contributed by atoms with van der Waals surface area (Å²) in [5, 5.41) is 13.2. The van der Waals surface area contributed by atoms with Crippen LogP contribution in [0.2, 0.25) is 0 Å². The largest absolute Gasteiger partial charge is 0.397 e. The molecule has 16 heavy (non-hydrogen) atoms. The van der Waals surface area contributed by atoms with E-state index in [1.165, 1.54) is 19.3 Å². The van der Waals surface area contributed by atoms with Crippen molar-refractivity contribution in [2.24, 2.45) is 0 Å². The molecule has 2 rings (SSSR count). The summed E-state index contributed by atoms with van der Waals surface area (Å²) < 4.78 is 0. The average molecular weight is 221 g/mol. The topological polar surface area (TPSA) is 71.2 Å². The molecule has 0 saturated heterocycles. The van der Waals surface area contributed by atoms with Gasteiger partial charge in [0.05, 0.1) is 17.6 Å². The minimum atomic E-state index is -0.677. The van der Waals surface area contributed by atoms with Gasteiger partial charge in [0.1, 0.15) is 6.23 Å². The van der Waals surface area contributed by atoms with Crippen molar-refractivity contribution in [1.82, 2.24) is 10.3 Å². The van der Waals surface area contributed by atoms with Crippen LogP contribution in [-0.4, -0.2) is 16.1 Å². The van der Waals surface area contributed by atoms with E-state index in [4.69, 9.17) is 5.73 Å². The van der Waals surface area contributed by atoms with Gasteiger partial charge in [-0.05, 0) is 25.0 Å². The normalized spacial score (nSPS) is 19.6. The standard InChI is InChI=1S/C12H19N3O/c13-9-6-7-11(14-8-9)12(16)15-10-4-2-1-3-5-10/h6-8,10,12,15-16H,1-5,13H2. The number of aliphatic hydroxyl groups is 1. The molecule has 1 aliphatic rings. The van der Waals surface area contributed by atoms with Gasteiger partial charge in [0.2, 0.25) is 0 Å². The van der Waals surface area contributed by atoms with Gasteiger partial charge in [-0.1, -0.05) is 19.3 Å². The molecule has 0 aromatic carbocycles. The molecule has 4 nitrogen and oxygen atoms in total. The molecule has 0 radical (unpaired) electrons. The Morgan fingerprint density at radius 3 is 2.69 bits per heavy atom. The van der Waals surface area contributed by atoms with Crippen LogP contribution in [0.15, 0.2) is 18.3 Å². The highest BCUT2D eigenvalue weighted by Gasteiger charge is 2.17. The predicted molar refractivity (Wildman–Crippen MR) is 63.6 cm³/mol. The molecular formula is C12H19N3O. The Balaban J connectivity index is 1.91. The third-order valence-electron chi connectivity index (χ3n) is 3.09. The number of rotatable bonds is 3. The van der Waals surface area contributed by atoms with Gasteiger partial charge < -0.3 is 10.8 Å². The third-order valence-corrected chi connectivity index (χ3v) is 3.09. The molecule has 4 N–H and O–H groups in total. The van der Waals surface area contributed by atoms with Crippen LogP contribution in [0.3, 0.4) is 0 Å². The molecule has 0 aliphatic heterocycles. The van der Waals surface area contributed by atoms with E-state index in [9.17, 15) is 5.11 Å². The lowest BCUT2D eigenvalue weighted by molar-refractivity contribution is 0.110. The van der Waals surface area contributed by atoms with Gasteiger partial charge in [-0.15, -0.1) is 0 Å². The van der Waals surface area contributed by atoms with E-state index in [0.717, 1.165) is 12.8 Å². The molecule has 1 unspecified atom stereocenters. The second-order valence-electron chi connectivity index (χ2n) is 4.42. The Labute approximate surface area is 95.9 Å². The summed E-state index contributed by atoms with van der Waals surface area (Å²) in [5.74, 6) is 0. The second kappa shape index (κ2) is 5.27. The van der Waals surface area contributed by atoms with E-state index in [0.29, 0.717) is 17.4 Å². The van der Waals surface area contributed by atoms with Crippen molar-refractivity contribution >= 4 is 5.69 Å². The van der Waals surface area contributed by atoms with Crippen LogP contribution in [0.1, 0.15) is 44.0 Å². The molecule has 0 amide bonds. The van der Waals surface area contributed by atoms with Gasteiger partial charge in [-0.3, -0.25) is 10.3 Å². The fourth-order valence-electron chi connectivity index (χ4n) is 2.16. The fraction of sp³-hybridized carbons (Fsp3) is 0.583. The zero-order valence-corrected chi connectivity index (χ0v) is 9.39. The van der Waals surface area contributed by atoms with E-state index < -0.39 is 6.23 Å². The average Bonchev–Trinajstić information content (AvgIpc) is 2.31. The number of nitrogens with zero attached hydrogens (tertiary/aromatic N) is 1. The molecule has 1 saturated carbocycles. The maximum absolute atomic E-state index is 9.95. The summed E-state index contributed by atoms with van der Waals surface area (Å²) in [4.78, 5) is 4.11. The first-order chi connectivity index (χ1) is 7.75. The van der Waals surface area contributed by atoms with Crippen LogP contribution in [0.5, 0.6) is 0 Å². The summed E-state index contributed by atoms with van der Waals surface area (Å²) in [6.45, 7) is 0. The fourth-order valence-corrected chi connectivity index (χ4v) is 2.16. The molecule has 4 heteroatoms. The first-order valence-electron chi connectivity index (χ1n) is 5.91. The summed E-state index contributed by atoms with van der Waals surface area (Å²) in [6.07, 6.45) is 7.00.